The van der Waals surface area contributed by atoms with Gasteiger partial charge in [-0.2, -0.15) is 0 Å². The first-order valence-corrected chi connectivity index (χ1v) is 8.59. The van der Waals surface area contributed by atoms with E-state index < -0.39 is 6.04 Å². The molecule has 26 heavy (non-hydrogen) atoms. The summed E-state index contributed by atoms with van der Waals surface area (Å²) >= 11 is 0. The van der Waals surface area contributed by atoms with E-state index in [4.69, 9.17) is 5.73 Å². The maximum Gasteiger partial charge on any atom is 0.239 e. The smallest absolute Gasteiger partial charge is 0.239 e. The van der Waals surface area contributed by atoms with Gasteiger partial charge in [0.15, 0.2) is 0 Å². The molecule has 0 spiro atoms. The predicted molar refractivity (Wildman–Crippen MR) is 98.5 cm³/mol. The number of hydrogen-bond acceptors (Lipinski definition) is 3. The first-order valence-electron chi connectivity index (χ1n) is 8.59. The number of benzene rings is 2. The van der Waals surface area contributed by atoms with Gasteiger partial charge in [0.2, 0.25) is 11.8 Å². The summed E-state index contributed by atoms with van der Waals surface area (Å²) in [6.07, 6.45) is 0.142. The molecule has 0 heterocycles. The summed E-state index contributed by atoms with van der Waals surface area (Å²) < 4.78 is 12.9. The van der Waals surface area contributed by atoms with E-state index in [1.54, 1.807) is 12.1 Å². The molecule has 5 nitrogen and oxygen atoms in total. The molecule has 2 aromatic carbocycles. The highest BCUT2D eigenvalue weighted by molar-refractivity contribution is 5.85. The van der Waals surface area contributed by atoms with Crippen molar-refractivity contribution < 1.29 is 14.0 Å². The van der Waals surface area contributed by atoms with Crippen molar-refractivity contribution in [1.82, 2.24) is 10.2 Å². The molecule has 0 aliphatic carbocycles. The van der Waals surface area contributed by atoms with Gasteiger partial charge in [-0.1, -0.05) is 42.5 Å². The Hall–Kier alpha value is -2.73. The Bertz CT molecular complexity index is 720. The largest absolute Gasteiger partial charge is 0.350 e. The lowest BCUT2D eigenvalue weighted by atomic mass is 10.0. The number of nitrogens with zero attached hydrogens (tertiary/aromatic N) is 1. The number of carbonyl (C=O) groups excluding carboxylic acids is 2. The molecule has 0 saturated heterocycles. The van der Waals surface area contributed by atoms with Gasteiger partial charge in [-0.15, -0.1) is 0 Å². The number of carbonyl (C=O) groups is 2. The van der Waals surface area contributed by atoms with Crippen LogP contribution in [-0.2, 0) is 16.1 Å². The monoisotopic (exact) mass is 357 g/mol. The summed E-state index contributed by atoms with van der Waals surface area (Å²) in [4.78, 5) is 26.0. The number of rotatable bonds is 8. The van der Waals surface area contributed by atoms with Crippen LogP contribution in [0.4, 0.5) is 4.39 Å². The van der Waals surface area contributed by atoms with Crippen LogP contribution in [-0.4, -0.2) is 29.8 Å². The summed E-state index contributed by atoms with van der Waals surface area (Å²) in [5.41, 5.74) is 7.77. The van der Waals surface area contributed by atoms with E-state index in [2.05, 4.69) is 5.32 Å². The van der Waals surface area contributed by atoms with Gasteiger partial charge in [0.05, 0.1) is 6.54 Å². The van der Waals surface area contributed by atoms with Gasteiger partial charge in [-0.3, -0.25) is 9.59 Å². The molecule has 0 radical (unpaired) electrons. The molecule has 3 N–H and O–H groups in total. The number of halogens is 1. The minimum absolute atomic E-state index is 0.0297. The van der Waals surface area contributed by atoms with Crippen molar-refractivity contribution in [3.05, 3.63) is 71.5 Å². The molecule has 0 bridgehead atoms. The number of nitrogens with one attached hydrogen (secondary N) is 1. The van der Waals surface area contributed by atoms with Crippen LogP contribution in [0.5, 0.6) is 0 Å². The lowest BCUT2D eigenvalue weighted by molar-refractivity contribution is -0.136. The van der Waals surface area contributed by atoms with Crippen molar-refractivity contribution in [1.29, 1.82) is 0 Å². The van der Waals surface area contributed by atoms with Crippen molar-refractivity contribution in [2.75, 3.05) is 13.1 Å². The van der Waals surface area contributed by atoms with Crippen LogP contribution in [0.1, 0.15) is 30.5 Å². The van der Waals surface area contributed by atoms with Crippen molar-refractivity contribution in [2.45, 2.75) is 25.9 Å². The van der Waals surface area contributed by atoms with Crippen molar-refractivity contribution in [2.24, 2.45) is 5.73 Å². The normalized spacial score (nSPS) is 11.7. The quantitative estimate of drug-likeness (QED) is 0.762. The Morgan fingerprint density at radius 1 is 1.12 bits per heavy atom. The second kappa shape index (κ2) is 9.68. The summed E-state index contributed by atoms with van der Waals surface area (Å²) in [5, 5.41) is 2.74. The molecule has 2 amide bonds. The van der Waals surface area contributed by atoms with E-state index in [-0.39, 0.29) is 37.1 Å². The molecule has 0 aromatic heterocycles. The molecular formula is C20H24FN3O2. The van der Waals surface area contributed by atoms with Crippen molar-refractivity contribution >= 4 is 11.8 Å². The first kappa shape index (κ1) is 19.6. The molecule has 2 aromatic rings. The third-order valence-corrected chi connectivity index (χ3v) is 4.09. The zero-order chi connectivity index (χ0) is 18.9. The third kappa shape index (κ3) is 5.97. The molecule has 1 atom stereocenters. The van der Waals surface area contributed by atoms with Crippen LogP contribution >= 0.6 is 0 Å². The zero-order valence-corrected chi connectivity index (χ0v) is 14.8. The minimum Gasteiger partial charge on any atom is -0.350 e. The maximum absolute atomic E-state index is 12.9. The lowest BCUT2D eigenvalue weighted by Crippen LogP contribution is -2.41. The summed E-state index contributed by atoms with van der Waals surface area (Å²) in [7, 11) is 0. The highest BCUT2D eigenvalue weighted by atomic mass is 19.1. The molecule has 0 aliphatic rings. The second-order valence-electron chi connectivity index (χ2n) is 6.03. The average Bonchev–Trinajstić information content (AvgIpc) is 2.66. The first-order chi connectivity index (χ1) is 12.5. The fourth-order valence-corrected chi connectivity index (χ4v) is 2.54. The maximum atomic E-state index is 12.9. The van der Waals surface area contributed by atoms with Crippen LogP contribution < -0.4 is 11.1 Å². The summed E-state index contributed by atoms with van der Waals surface area (Å²) in [5.74, 6) is -0.754. The third-order valence-electron chi connectivity index (χ3n) is 4.09. The number of hydrogen-bond donors (Lipinski definition) is 2. The minimum atomic E-state index is -0.403. The Labute approximate surface area is 153 Å². The molecular weight excluding hydrogens is 333 g/mol. The lowest BCUT2D eigenvalue weighted by Gasteiger charge is -2.22. The summed E-state index contributed by atoms with van der Waals surface area (Å²) in [6, 6.07) is 14.9. The molecule has 138 valence electrons. The van der Waals surface area contributed by atoms with E-state index in [1.165, 1.54) is 17.0 Å². The van der Waals surface area contributed by atoms with E-state index >= 15 is 0 Å². The molecule has 6 heteroatoms. The van der Waals surface area contributed by atoms with Crippen molar-refractivity contribution in [3.8, 4) is 0 Å². The molecule has 0 aliphatic heterocycles. The second-order valence-corrected chi connectivity index (χ2v) is 6.03. The van der Waals surface area contributed by atoms with Gasteiger partial charge in [0.1, 0.15) is 5.82 Å². The Morgan fingerprint density at radius 3 is 2.38 bits per heavy atom. The fourth-order valence-electron chi connectivity index (χ4n) is 2.54. The molecule has 0 fully saturated rings. The van der Waals surface area contributed by atoms with E-state index in [0.29, 0.717) is 6.54 Å². The van der Waals surface area contributed by atoms with Crippen molar-refractivity contribution in [3.63, 3.8) is 0 Å². The van der Waals surface area contributed by atoms with Gasteiger partial charge < -0.3 is 16.0 Å². The van der Waals surface area contributed by atoms with E-state index in [0.717, 1.165) is 11.1 Å². The Morgan fingerprint density at radius 2 is 1.77 bits per heavy atom. The predicted octanol–water partition coefficient (Wildman–Crippen LogP) is 2.38. The number of likely N-dealkylation sites (N-methyl/N-ethyl adjacent to an activating group) is 1. The highest BCUT2D eigenvalue weighted by Crippen LogP contribution is 2.14. The topological polar surface area (TPSA) is 75.4 Å². The van der Waals surface area contributed by atoms with Gasteiger partial charge in [-0.25, -0.2) is 4.39 Å². The van der Waals surface area contributed by atoms with Gasteiger partial charge in [0, 0.05) is 25.6 Å². The Kier molecular flexibility index (Phi) is 7.29. The van der Waals surface area contributed by atoms with Gasteiger partial charge in [0.25, 0.3) is 0 Å². The van der Waals surface area contributed by atoms with Crippen LogP contribution in [0, 0.1) is 5.82 Å². The van der Waals surface area contributed by atoms with Crippen LogP contribution in [0.3, 0.4) is 0 Å². The molecule has 0 saturated carbocycles. The van der Waals surface area contributed by atoms with E-state index in [1.807, 2.05) is 37.3 Å². The molecule has 2 rings (SSSR count). The SMILES string of the molecule is CCN(CC(=O)NCc1ccc(F)cc1)C(=O)CC(N)c1ccccc1. The van der Waals surface area contributed by atoms with Gasteiger partial charge in [-0.05, 0) is 30.2 Å². The number of amides is 2. The average molecular weight is 357 g/mol. The Balaban J connectivity index is 1.83. The number of nitrogens with two attached hydrogens (primary N) is 1. The van der Waals surface area contributed by atoms with Crippen LogP contribution in [0.25, 0.3) is 0 Å². The van der Waals surface area contributed by atoms with E-state index in [9.17, 15) is 14.0 Å². The zero-order valence-electron chi connectivity index (χ0n) is 14.8. The van der Waals surface area contributed by atoms with Crippen LogP contribution in [0.15, 0.2) is 54.6 Å². The fraction of sp³-hybridized carbons (Fsp3) is 0.300. The summed E-state index contributed by atoms with van der Waals surface area (Å²) in [6.45, 7) is 2.50. The van der Waals surface area contributed by atoms with Crippen LogP contribution in [0.2, 0.25) is 0 Å². The van der Waals surface area contributed by atoms with Gasteiger partial charge >= 0.3 is 0 Å². The highest BCUT2D eigenvalue weighted by Gasteiger charge is 2.19. The molecule has 1 unspecified atom stereocenters. The standard InChI is InChI=1S/C20H24FN3O2/c1-2-24(20(26)12-18(22)16-6-4-3-5-7-16)14-19(25)23-13-15-8-10-17(21)11-9-15/h3-11,18H,2,12-14,22H2,1H3,(H,23,25).